The molecule has 0 unspecified atom stereocenters. The molecule has 0 aliphatic rings. The van der Waals surface area contributed by atoms with Crippen molar-refractivity contribution in [2.45, 2.75) is 38.4 Å². The number of rotatable bonds is 7. The normalized spacial score (nSPS) is 11.1. The Balaban J connectivity index is 1.61. The van der Waals surface area contributed by atoms with Crippen LogP contribution in [-0.2, 0) is 11.3 Å². The third-order valence-corrected chi connectivity index (χ3v) is 5.80. The van der Waals surface area contributed by atoms with Crippen LogP contribution in [-0.4, -0.2) is 26.4 Å². The van der Waals surface area contributed by atoms with Crippen LogP contribution in [0.15, 0.2) is 46.9 Å². The molecule has 3 rings (SSSR count). The lowest BCUT2D eigenvalue weighted by Crippen LogP contribution is -2.14. The predicted molar refractivity (Wildman–Crippen MR) is 109 cm³/mol. The minimum Gasteiger partial charge on any atom is -0.325 e. The number of nitrogens with one attached hydrogen (secondary N) is 1. The molecule has 7 heteroatoms. The number of aromatic nitrogens is 3. The number of hydrogen-bond acceptors (Lipinski definition) is 5. The zero-order chi connectivity index (χ0) is 18.5. The summed E-state index contributed by atoms with van der Waals surface area (Å²) in [5.74, 6) is 1.59. The molecule has 0 aliphatic carbocycles. The summed E-state index contributed by atoms with van der Waals surface area (Å²) in [5.41, 5.74) is 2.07. The maximum absolute atomic E-state index is 12.3. The van der Waals surface area contributed by atoms with E-state index >= 15 is 0 Å². The SMILES string of the molecule is CCn1c(SCC(=O)Nc2ccc(C(C)C)cc2)nnc1-c1cccs1. The average Bonchev–Trinajstić information content (AvgIpc) is 3.29. The smallest absolute Gasteiger partial charge is 0.234 e. The van der Waals surface area contributed by atoms with Crippen LogP contribution in [0, 0.1) is 0 Å². The first-order valence-electron chi connectivity index (χ1n) is 8.58. The fourth-order valence-electron chi connectivity index (χ4n) is 2.55. The van der Waals surface area contributed by atoms with Gasteiger partial charge in [-0.1, -0.05) is 43.8 Å². The van der Waals surface area contributed by atoms with E-state index in [-0.39, 0.29) is 5.91 Å². The van der Waals surface area contributed by atoms with Crippen molar-refractivity contribution in [2.24, 2.45) is 0 Å². The number of nitrogens with zero attached hydrogens (tertiary/aromatic N) is 3. The van der Waals surface area contributed by atoms with Crippen LogP contribution in [0.4, 0.5) is 5.69 Å². The number of hydrogen-bond donors (Lipinski definition) is 1. The fraction of sp³-hybridized carbons (Fsp3) is 0.316. The summed E-state index contributed by atoms with van der Waals surface area (Å²) < 4.78 is 2.04. The minimum atomic E-state index is -0.0457. The number of thioether (sulfide) groups is 1. The molecular formula is C19H22N4OS2. The van der Waals surface area contributed by atoms with Gasteiger partial charge in [0.1, 0.15) is 0 Å². The van der Waals surface area contributed by atoms with Gasteiger partial charge in [0, 0.05) is 12.2 Å². The van der Waals surface area contributed by atoms with Crippen molar-refractivity contribution in [3.63, 3.8) is 0 Å². The van der Waals surface area contributed by atoms with Crippen molar-refractivity contribution >= 4 is 34.7 Å². The predicted octanol–water partition coefficient (Wildman–Crippen LogP) is 4.88. The molecule has 1 amide bonds. The second kappa shape index (κ2) is 8.51. The highest BCUT2D eigenvalue weighted by molar-refractivity contribution is 7.99. The Hall–Kier alpha value is -2.12. The largest absolute Gasteiger partial charge is 0.325 e. The highest BCUT2D eigenvalue weighted by Crippen LogP contribution is 2.27. The Bertz CT molecular complexity index is 854. The Morgan fingerprint density at radius 2 is 2.00 bits per heavy atom. The monoisotopic (exact) mass is 386 g/mol. The minimum absolute atomic E-state index is 0.0457. The van der Waals surface area contributed by atoms with Gasteiger partial charge in [-0.3, -0.25) is 4.79 Å². The topological polar surface area (TPSA) is 59.8 Å². The molecule has 0 fully saturated rings. The van der Waals surface area contributed by atoms with Gasteiger partial charge >= 0.3 is 0 Å². The standard InChI is InChI=1S/C19H22N4OS2/c1-4-23-18(16-6-5-11-25-16)21-22-19(23)26-12-17(24)20-15-9-7-14(8-10-15)13(2)3/h5-11,13H,4,12H2,1-3H3,(H,20,24). The van der Waals surface area contributed by atoms with Gasteiger partial charge in [0.25, 0.3) is 0 Å². The molecule has 0 atom stereocenters. The highest BCUT2D eigenvalue weighted by atomic mass is 32.2. The number of benzene rings is 1. The first-order chi connectivity index (χ1) is 12.6. The van der Waals surface area contributed by atoms with Gasteiger partial charge in [-0.15, -0.1) is 21.5 Å². The zero-order valence-corrected chi connectivity index (χ0v) is 16.7. The summed E-state index contributed by atoms with van der Waals surface area (Å²) in [6.07, 6.45) is 0. The molecule has 0 bridgehead atoms. The average molecular weight is 387 g/mol. The molecule has 3 aromatic rings. The molecule has 0 saturated heterocycles. The summed E-state index contributed by atoms with van der Waals surface area (Å²) >= 11 is 3.04. The molecule has 0 aliphatic heterocycles. The van der Waals surface area contributed by atoms with Crippen molar-refractivity contribution in [1.82, 2.24) is 14.8 Å². The van der Waals surface area contributed by atoms with Crippen LogP contribution in [0.2, 0.25) is 0 Å². The first-order valence-corrected chi connectivity index (χ1v) is 10.4. The summed E-state index contributed by atoms with van der Waals surface area (Å²) in [7, 11) is 0. The summed E-state index contributed by atoms with van der Waals surface area (Å²) in [6, 6.07) is 12.0. The van der Waals surface area contributed by atoms with Crippen molar-refractivity contribution in [3.05, 3.63) is 47.3 Å². The van der Waals surface area contributed by atoms with Crippen molar-refractivity contribution in [2.75, 3.05) is 11.1 Å². The molecule has 0 saturated carbocycles. The summed E-state index contributed by atoms with van der Waals surface area (Å²) in [5, 5.41) is 14.3. The maximum Gasteiger partial charge on any atom is 0.234 e. The van der Waals surface area contributed by atoms with Crippen molar-refractivity contribution < 1.29 is 4.79 Å². The first kappa shape index (κ1) is 18.7. The van der Waals surface area contributed by atoms with Crippen LogP contribution >= 0.6 is 23.1 Å². The van der Waals surface area contributed by atoms with Gasteiger partial charge in [-0.25, -0.2) is 0 Å². The molecule has 5 nitrogen and oxygen atoms in total. The number of carbonyl (C=O) groups excluding carboxylic acids is 1. The second-order valence-corrected chi connectivity index (χ2v) is 8.03. The van der Waals surface area contributed by atoms with Crippen LogP contribution in [0.25, 0.3) is 10.7 Å². The molecule has 0 spiro atoms. The van der Waals surface area contributed by atoms with E-state index in [1.807, 2.05) is 34.2 Å². The maximum atomic E-state index is 12.3. The quantitative estimate of drug-likeness (QED) is 0.588. The van der Waals surface area contributed by atoms with E-state index in [9.17, 15) is 4.79 Å². The van der Waals surface area contributed by atoms with E-state index in [1.54, 1.807) is 11.3 Å². The lowest BCUT2D eigenvalue weighted by molar-refractivity contribution is -0.113. The zero-order valence-electron chi connectivity index (χ0n) is 15.1. The van der Waals surface area contributed by atoms with E-state index in [0.29, 0.717) is 11.7 Å². The van der Waals surface area contributed by atoms with Crippen LogP contribution in [0.5, 0.6) is 0 Å². The Labute approximate surface area is 161 Å². The van der Waals surface area contributed by atoms with E-state index in [4.69, 9.17) is 0 Å². The molecule has 1 aromatic carbocycles. The van der Waals surface area contributed by atoms with E-state index < -0.39 is 0 Å². The van der Waals surface area contributed by atoms with Gasteiger partial charge in [-0.05, 0) is 42.0 Å². The Morgan fingerprint density at radius 3 is 2.62 bits per heavy atom. The van der Waals surface area contributed by atoms with Gasteiger partial charge in [-0.2, -0.15) is 0 Å². The molecule has 26 heavy (non-hydrogen) atoms. The van der Waals surface area contributed by atoms with E-state index in [0.717, 1.165) is 28.1 Å². The van der Waals surface area contributed by atoms with Gasteiger partial charge in [0.05, 0.1) is 10.6 Å². The third-order valence-electron chi connectivity index (χ3n) is 3.97. The van der Waals surface area contributed by atoms with Crippen LogP contribution in [0.3, 0.4) is 0 Å². The molecule has 2 heterocycles. The third kappa shape index (κ3) is 4.34. The number of anilines is 1. The van der Waals surface area contributed by atoms with Crippen molar-refractivity contribution in [1.29, 1.82) is 0 Å². The lowest BCUT2D eigenvalue weighted by atomic mass is 10.0. The lowest BCUT2D eigenvalue weighted by Gasteiger charge is -2.09. The Morgan fingerprint density at radius 1 is 1.23 bits per heavy atom. The van der Waals surface area contributed by atoms with Gasteiger partial charge in [0.15, 0.2) is 11.0 Å². The van der Waals surface area contributed by atoms with E-state index in [2.05, 4.69) is 48.4 Å². The Kier molecular flexibility index (Phi) is 6.11. The second-order valence-electron chi connectivity index (χ2n) is 6.14. The number of carbonyl (C=O) groups is 1. The summed E-state index contributed by atoms with van der Waals surface area (Å²) in [6.45, 7) is 7.12. The number of thiophene rings is 1. The molecule has 2 aromatic heterocycles. The number of amides is 1. The van der Waals surface area contributed by atoms with Gasteiger partial charge in [0.2, 0.25) is 5.91 Å². The molecule has 136 valence electrons. The van der Waals surface area contributed by atoms with Gasteiger partial charge < -0.3 is 9.88 Å². The van der Waals surface area contributed by atoms with Crippen LogP contribution in [0.1, 0.15) is 32.3 Å². The highest BCUT2D eigenvalue weighted by Gasteiger charge is 2.15. The fourth-order valence-corrected chi connectivity index (χ4v) is 4.07. The molecule has 1 N–H and O–H groups in total. The molecular weight excluding hydrogens is 364 g/mol. The van der Waals surface area contributed by atoms with Crippen molar-refractivity contribution in [3.8, 4) is 10.7 Å². The summed E-state index contributed by atoms with van der Waals surface area (Å²) in [4.78, 5) is 13.3. The van der Waals surface area contributed by atoms with Crippen LogP contribution < -0.4 is 5.32 Å². The molecule has 0 radical (unpaired) electrons. The van der Waals surface area contributed by atoms with E-state index in [1.165, 1.54) is 17.3 Å².